The molecule has 0 spiro atoms. The van der Waals surface area contributed by atoms with Gasteiger partial charge in [0, 0.05) is 0 Å². The summed E-state index contributed by atoms with van der Waals surface area (Å²) in [5, 5.41) is 0. The first kappa shape index (κ1) is 15.8. The van der Waals surface area contributed by atoms with Crippen molar-refractivity contribution in [2.24, 2.45) is 9.98 Å². The fraction of sp³-hybridized carbons (Fsp3) is 0.846. The maximum atomic E-state index is 10.3. The SMILES string of the molecule is CCCCCC(CCCC(C)N=C=O)N=C=O. The van der Waals surface area contributed by atoms with Crippen molar-refractivity contribution in [1.29, 1.82) is 0 Å². The molecule has 0 saturated heterocycles. The Labute approximate surface area is 103 Å². The Morgan fingerprint density at radius 3 is 2.18 bits per heavy atom. The summed E-state index contributed by atoms with van der Waals surface area (Å²) in [4.78, 5) is 27.8. The van der Waals surface area contributed by atoms with Crippen LogP contribution in [-0.4, -0.2) is 24.2 Å². The predicted octanol–water partition coefficient (Wildman–Crippen LogP) is 3.17. The zero-order valence-corrected chi connectivity index (χ0v) is 10.8. The van der Waals surface area contributed by atoms with Gasteiger partial charge in [-0.15, -0.1) is 0 Å². The van der Waals surface area contributed by atoms with Crippen LogP contribution in [-0.2, 0) is 9.59 Å². The molecule has 4 nitrogen and oxygen atoms in total. The van der Waals surface area contributed by atoms with Crippen LogP contribution in [0.25, 0.3) is 0 Å². The van der Waals surface area contributed by atoms with Crippen molar-refractivity contribution in [3.05, 3.63) is 0 Å². The summed E-state index contributed by atoms with van der Waals surface area (Å²) in [6.07, 6.45) is 10.3. The van der Waals surface area contributed by atoms with E-state index in [0.717, 1.165) is 32.1 Å². The van der Waals surface area contributed by atoms with E-state index < -0.39 is 0 Å². The van der Waals surface area contributed by atoms with Crippen molar-refractivity contribution in [2.45, 2.75) is 70.9 Å². The number of nitrogens with zero attached hydrogens (tertiary/aromatic N) is 2. The van der Waals surface area contributed by atoms with Crippen LogP contribution in [0.4, 0.5) is 0 Å². The smallest absolute Gasteiger partial charge is 0.211 e. The molecule has 0 heterocycles. The van der Waals surface area contributed by atoms with Gasteiger partial charge in [0.15, 0.2) is 0 Å². The highest BCUT2D eigenvalue weighted by Crippen LogP contribution is 2.14. The van der Waals surface area contributed by atoms with Gasteiger partial charge in [0.05, 0.1) is 12.1 Å². The van der Waals surface area contributed by atoms with E-state index in [4.69, 9.17) is 0 Å². The van der Waals surface area contributed by atoms with Crippen molar-refractivity contribution in [2.75, 3.05) is 0 Å². The average Bonchev–Trinajstić information content (AvgIpc) is 2.29. The molecule has 0 amide bonds. The van der Waals surface area contributed by atoms with Gasteiger partial charge in [-0.1, -0.05) is 26.2 Å². The van der Waals surface area contributed by atoms with Crippen LogP contribution in [0.15, 0.2) is 9.98 Å². The molecule has 96 valence electrons. The Morgan fingerprint density at radius 2 is 1.59 bits per heavy atom. The molecule has 0 aromatic carbocycles. The van der Waals surface area contributed by atoms with Gasteiger partial charge in [-0.05, 0) is 32.6 Å². The first-order chi connectivity index (χ1) is 8.24. The lowest BCUT2D eigenvalue weighted by Gasteiger charge is -2.10. The Bertz CT molecular complexity index is 279. The fourth-order valence-corrected chi connectivity index (χ4v) is 1.78. The molecule has 2 atom stereocenters. The lowest BCUT2D eigenvalue weighted by Crippen LogP contribution is -2.06. The molecule has 0 rings (SSSR count). The molecule has 4 heteroatoms. The highest BCUT2D eigenvalue weighted by atomic mass is 16.1. The second-order valence-electron chi connectivity index (χ2n) is 4.37. The molecule has 2 unspecified atom stereocenters. The van der Waals surface area contributed by atoms with Gasteiger partial charge in [0.2, 0.25) is 12.2 Å². The van der Waals surface area contributed by atoms with E-state index >= 15 is 0 Å². The van der Waals surface area contributed by atoms with Gasteiger partial charge in [-0.25, -0.2) is 19.6 Å². The normalized spacial score (nSPS) is 13.3. The molecule has 0 aliphatic carbocycles. The van der Waals surface area contributed by atoms with Crippen LogP contribution in [0.2, 0.25) is 0 Å². The Kier molecular flexibility index (Phi) is 10.4. The van der Waals surface area contributed by atoms with E-state index in [0.29, 0.717) is 0 Å². The van der Waals surface area contributed by atoms with Gasteiger partial charge >= 0.3 is 0 Å². The van der Waals surface area contributed by atoms with Crippen molar-refractivity contribution >= 4 is 12.2 Å². The average molecular weight is 238 g/mol. The second kappa shape index (κ2) is 11.3. The third-order valence-corrected chi connectivity index (χ3v) is 2.81. The topological polar surface area (TPSA) is 58.9 Å². The number of isocyanates is 2. The summed E-state index contributed by atoms with van der Waals surface area (Å²) in [5.41, 5.74) is 0. The minimum atomic E-state index is 0.0176. The summed E-state index contributed by atoms with van der Waals surface area (Å²) in [7, 11) is 0. The third-order valence-electron chi connectivity index (χ3n) is 2.81. The quantitative estimate of drug-likeness (QED) is 0.333. The monoisotopic (exact) mass is 238 g/mol. The minimum Gasteiger partial charge on any atom is -0.211 e. The van der Waals surface area contributed by atoms with Gasteiger partial charge in [-0.2, -0.15) is 0 Å². The highest BCUT2D eigenvalue weighted by molar-refractivity contribution is 5.33. The van der Waals surface area contributed by atoms with Gasteiger partial charge in [0.1, 0.15) is 0 Å². The zero-order valence-electron chi connectivity index (χ0n) is 10.8. The van der Waals surface area contributed by atoms with Crippen LogP contribution in [0.3, 0.4) is 0 Å². The highest BCUT2D eigenvalue weighted by Gasteiger charge is 2.07. The Balaban J connectivity index is 3.83. The van der Waals surface area contributed by atoms with E-state index in [2.05, 4.69) is 16.9 Å². The first-order valence-corrected chi connectivity index (χ1v) is 6.38. The molecule has 17 heavy (non-hydrogen) atoms. The molecular formula is C13H22N2O2. The number of unbranched alkanes of at least 4 members (excludes halogenated alkanes) is 2. The maximum absolute atomic E-state index is 10.3. The number of carbonyl (C=O) groups excluding carboxylic acids is 2. The van der Waals surface area contributed by atoms with Crippen LogP contribution in [0, 0.1) is 0 Å². The second-order valence-corrected chi connectivity index (χ2v) is 4.37. The lowest BCUT2D eigenvalue weighted by atomic mass is 10.0. The van der Waals surface area contributed by atoms with Gasteiger partial charge in [0.25, 0.3) is 0 Å². The van der Waals surface area contributed by atoms with E-state index in [1.54, 1.807) is 12.2 Å². The summed E-state index contributed by atoms with van der Waals surface area (Å²) in [6.45, 7) is 4.04. The molecule has 0 N–H and O–H groups in total. The Hall–Kier alpha value is -1.24. The molecule has 0 radical (unpaired) electrons. The fourth-order valence-electron chi connectivity index (χ4n) is 1.78. The summed E-state index contributed by atoms with van der Waals surface area (Å²) in [5.74, 6) is 0. The molecule has 0 fully saturated rings. The number of aliphatic imine (C=N–C) groups is 2. The predicted molar refractivity (Wildman–Crippen MR) is 67.5 cm³/mol. The maximum Gasteiger partial charge on any atom is 0.235 e. The standard InChI is InChI=1S/C13H22N2O2/c1-3-4-5-8-13(15-11-17)9-6-7-12(2)14-10-16/h12-13H,3-9H2,1-2H3. The molecular weight excluding hydrogens is 216 g/mol. The number of hydrogen-bond donors (Lipinski definition) is 0. The Morgan fingerprint density at radius 1 is 0.941 bits per heavy atom. The van der Waals surface area contributed by atoms with Crippen molar-refractivity contribution in [3.63, 3.8) is 0 Å². The molecule has 0 aliphatic heterocycles. The van der Waals surface area contributed by atoms with Crippen molar-refractivity contribution in [3.8, 4) is 0 Å². The van der Waals surface area contributed by atoms with Crippen LogP contribution >= 0.6 is 0 Å². The van der Waals surface area contributed by atoms with Crippen LogP contribution in [0.1, 0.15) is 58.8 Å². The number of rotatable bonds is 10. The van der Waals surface area contributed by atoms with Crippen molar-refractivity contribution < 1.29 is 9.59 Å². The summed E-state index contributed by atoms with van der Waals surface area (Å²) >= 11 is 0. The first-order valence-electron chi connectivity index (χ1n) is 6.38. The third kappa shape index (κ3) is 9.68. The molecule has 0 saturated carbocycles. The van der Waals surface area contributed by atoms with Crippen LogP contribution in [0.5, 0.6) is 0 Å². The molecule has 0 bridgehead atoms. The summed E-state index contributed by atoms with van der Waals surface area (Å²) in [6, 6.07) is 0.107. The zero-order chi connectivity index (χ0) is 12.9. The van der Waals surface area contributed by atoms with Gasteiger partial charge < -0.3 is 0 Å². The lowest BCUT2D eigenvalue weighted by molar-refractivity contribution is 0.483. The molecule has 0 aliphatic rings. The van der Waals surface area contributed by atoms with Crippen LogP contribution < -0.4 is 0 Å². The largest absolute Gasteiger partial charge is 0.235 e. The minimum absolute atomic E-state index is 0.0176. The number of hydrogen-bond acceptors (Lipinski definition) is 4. The van der Waals surface area contributed by atoms with E-state index in [9.17, 15) is 9.59 Å². The van der Waals surface area contributed by atoms with Gasteiger partial charge in [-0.3, -0.25) is 0 Å². The van der Waals surface area contributed by atoms with E-state index in [1.165, 1.54) is 12.8 Å². The van der Waals surface area contributed by atoms with E-state index in [1.807, 2.05) is 6.92 Å². The van der Waals surface area contributed by atoms with Crippen molar-refractivity contribution in [1.82, 2.24) is 0 Å². The molecule has 0 aromatic rings. The summed E-state index contributed by atoms with van der Waals surface area (Å²) < 4.78 is 0. The molecule has 0 aromatic heterocycles. The van der Waals surface area contributed by atoms with E-state index in [-0.39, 0.29) is 12.1 Å².